The number of aromatic amines is 1. The summed E-state index contributed by atoms with van der Waals surface area (Å²) in [6, 6.07) is 3.47. The molecule has 1 fully saturated rings. The molecular formula is C19H28N6O4. The summed E-state index contributed by atoms with van der Waals surface area (Å²) >= 11 is 0. The molecule has 0 aliphatic heterocycles. The first-order chi connectivity index (χ1) is 13.9. The summed E-state index contributed by atoms with van der Waals surface area (Å²) in [7, 11) is 3.17. The molecule has 1 aliphatic carbocycles. The number of alkyl carbamates (subject to hydrolysis) is 1. The number of carbonyl (C=O) groups is 2. The van der Waals surface area contributed by atoms with Crippen molar-refractivity contribution in [3.05, 3.63) is 23.5 Å². The molecule has 0 radical (unpaired) electrons. The summed E-state index contributed by atoms with van der Waals surface area (Å²) in [5.74, 6) is 0.681. The molecule has 2 amide bonds. The molecule has 2 heterocycles. The van der Waals surface area contributed by atoms with Crippen molar-refractivity contribution < 1.29 is 19.1 Å². The number of carbonyl (C=O) groups excluding carboxylic acids is 2. The van der Waals surface area contributed by atoms with Crippen molar-refractivity contribution in [3.8, 4) is 5.88 Å². The van der Waals surface area contributed by atoms with Crippen molar-refractivity contribution in [1.82, 2.24) is 25.3 Å². The summed E-state index contributed by atoms with van der Waals surface area (Å²) in [6.45, 7) is 3.96. The van der Waals surface area contributed by atoms with Crippen molar-refractivity contribution in [3.63, 3.8) is 0 Å². The van der Waals surface area contributed by atoms with Crippen LogP contribution < -0.4 is 15.4 Å². The molecule has 29 heavy (non-hydrogen) atoms. The van der Waals surface area contributed by atoms with Crippen molar-refractivity contribution in [2.24, 2.45) is 7.05 Å². The predicted molar refractivity (Wildman–Crippen MR) is 106 cm³/mol. The van der Waals surface area contributed by atoms with E-state index < -0.39 is 0 Å². The van der Waals surface area contributed by atoms with Gasteiger partial charge in [-0.2, -0.15) is 5.10 Å². The van der Waals surface area contributed by atoms with Crippen LogP contribution in [0.3, 0.4) is 0 Å². The number of amides is 2. The Hall–Kier alpha value is -3.04. The Bertz CT molecular complexity index is 861. The number of aryl methyl sites for hydroxylation is 1. The molecule has 2 aromatic rings. The van der Waals surface area contributed by atoms with E-state index in [4.69, 9.17) is 9.47 Å². The van der Waals surface area contributed by atoms with Crippen LogP contribution in [-0.2, 0) is 11.8 Å². The topological polar surface area (TPSA) is 123 Å². The molecule has 3 N–H and O–H groups in total. The zero-order valence-electron chi connectivity index (χ0n) is 17.2. The van der Waals surface area contributed by atoms with E-state index in [9.17, 15) is 9.59 Å². The number of nitrogens with one attached hydrogen (secondary N) is 3. The molecule has 2 aromatic heterocycles. The van der Waals surface area contributed by atoms with Gasteiger partial charge in [0.15, 0.2) is 5.82 Å². The number of methoxy groups -OCH3 is 1. The molecule has 0 unspecified atom stereocenters. The second-order valence-corrected chi connectivity index (χ2v) is 7.35. The normalized spacial score (nSPS) is 19.6. The zero-order chi connectivity index (χ0) is 21.0. The Kier molecular flexibility index (Phi) is 6.40. The van der Waals surface area contributed by atoms with Gasteiger partial charge in [-0.3, -0.25) is 14.6 Å². The van der Waals surface area contributed by atoms with Gasteiger partial charge in [0.2, 0.25) is 5.88 Å². The fourth-order valence-electron chi connectivity index (χ4n) is 3.36. The van der Waals surface area contributed by atoms with Crippen LogP contribution in [0.4, 0.5) is 10.6 Å². The predicted octanol–water partition coefficient (Wildman–Crippen LogP) is 2.56. The summed E-state index contributed by atoms with van der Waals surface area (Å²) in [5, 5.41) is 16.8. The van der Waals surface area contributed by atoms with E-state index in [1.54, 1.807) is 13.1 Å². The number of aromatic nitrogens is 4. The molecule has 3 atom stereocenters. The second kappa shape index (κ2) is 8.97. The summed E-state index contributed by atoms with van der Waals surface area (Å²) in [5.41, 5.74) is 1.28. The second-order valence-electron chi connectivity index (χ2n) is 7.35. The summed E-state index contributed by atoms with van der Waals surface area (Å²) in [6.07, 6.45) is 2.78. The smallest absolute Gasteiger partial charge is 0.407 e. The van der Waals surface area contributed by atoms with Gasteiger partial charge in [-0.1, -0.05) is 6.92 Å². The molecule has 10 nitrogen and oxygen atoms in total. The van der Waals surface area contributed by atoms with E-state index in [1.807, 2.05) is 19.9 Å². The van der Waals surface area contributed by atoms with Crippen LogP contribution in [0.2, 0.25) is 0 Å². The highest BCUT2D eigenvalue weighted by Crippen LogP contribution is 2.35. The fourth-order valence-corrected chi connectivity index (χ4v) is 3.36. The van der Waals surface area contributed by atoms with Crippen LogP contribution in [0.1, 0.15) is 61.6 Å². The minimum Gasteiger partial charge on any atom is -0.480 e. The van der Waals surface area contributed by atoms with E-state index >= 15 is 0 Å². The van der Waals surface area contributed by atoms with Crippen LogP contribution in [0.5, 0.6) is 5.88 Å². The first kappa shape index (κ1) is 20.7. The standard InChI is InChI=1S/C19H28N6O4/c1-5-11(2)20-19(27)29-13-7-6-12(8-13)14-9-16(23-22-14)21-18(26)15-10-17(28-4)24-25(15)3/h9-13H,5-8H2,1-4H3,(H,20,27)(H2,21,22,23,26)/t11-,12-,13+/m0/s1. The van der Waals surface area contributed by atoms with E-state index in [0.29, 0.717) is 17.4 Å². The molecule has 3 rings (SSSR count). The van der Waals surface area contributed by atoms with Crippen LogP contribution in [0, 0.1) is 0 Å². The number of hydrogen-bond donors (Lipinski definition) is 3. The lowest BCUT2D eigenvalue weighted by atomic mass is 10.0. The SMILES string of the molecule is CC[C@H](C)NC(=O)O[C@@H]1CC[C@H](c2cc(NC(=O)c3cc(OC)nn3C)n[nH]2)C1. The lowest BCUT2D eigenvalue weighted by Crippen LogP contribution is -2.34. The van der Waals surface area contributed by atoms with Gasteiger partial charge in [0.1, 0.15) is 11.8 Å². The van der Waals surface area contributed by atoms with E-state index in [2.05, 4.69) is 25.9 Å². The summed E-state index contributed by atoms with van der Waals surface area (Å²) < 4.78 is 12.0. The monoisotopic (exact) mass is 404 g/mol. The van der Waals surface area contributed by atoms with Crippen molar-refractivity contribution >= 4 is 17.8 Å². The number of H-pyrrole nitrogens is 1. The van der Waals surface area contributed by atoms with Gasteiger partial charge in [0.05, 0.1) is 7.11 Å². The average molecular weight is 404 g/mol. The summed E-state index contributed by atoms with van der Waals surface area (Å²) in [4.78, 5) is 24.3. The zero-order valence-corrected chi connectivity index (χ0v) is 17.2. The van der Waals surface area contributed by atoms with Crippen LogP contribution in [0.25, 0.3) is 0 Å². The molecule has 158 valence electrons. The van der Waals surface area contributed by atoms with Crippen molar-refractivity contribution in [2.75, 3.05) is 12.4 Å². The maximum absolute atomic E-state index is 12.4. The largest absolute Gasteiger partial charge is 0.480 e. The van der Waals surface area contributed by atoms with E-state index in [-0.39, 0.29) is 30.1 Å². The van der Waals surface area contributed by atoms with Gasteiger partial charge in [-0.15, -0.1) is 5.10 Å². The van der Waals surface area contributed by atoms with Crippen LogP contribution in [0.15, 0.2) is 12.1 Å². The molecule has 1 saturated carbocycles. The van der Waals surface area contributed by atoms with Crippen LogP contribution in [-0.4, -0.2) is 51.2 Å². The quantitative estimate of drug-likeness (QED) is 0.652. The molecule has 0 saturated heterocycles. The van der Waals surface area contributed by atoms with Crippen molar-refractivity contribution in [2.45, 2.75) is 57.6 Å². The molecule has 10 heteroatoms. The van der Waals surface area contributed by atoms with Gasteiger partial charge in [0.25, 0.3) is 5.91 Å². The van der Waals surface area contributed by atoms with Gasteiger partial charge in [0, 0.05) is 36.8 Å². The highest BCUT2D eigenvalue weighted by molar-refractivity contribution is 6.02. The lowest BCUT2D eigenvalue weighted by molar-refractivity contribution is 0.0972. The maximum Gasteiger partial charge on any atom is 0.407 e. The Morgan fingerprint density at radius 3 is 2.86 bits per heavy atom. The molecule has 0 aromatic carbocycles. The molecular weight excluding hydrogens is 376 g/mol. The van der Waals surface area contributed by atoms with Gasteiger partial charge < -0.3 is 20.1 Å². The molecule has 0 bridgehead atoms. The average Bonchev–Trinajstić information content (AvgIpc) is 3.41. The van der Waals surface area contributed by atoms with E-state index in [1.165, 1.54) is 11.8 Å². The number of hydrogen-bond acceptors (Lipinski definition) is 6. The third-order valence-corrected chi connectivity index (χ3v) is 5.21. The van der Waals surface area contributed by atoms with Gasteiger partial charge in [-0.05, 0) is 32.6 Å². The maximum atomic E-state index is 12.4. The first-order valence-electron chi connectivity index (χ1n) is 9.81. The first-order valence-corrected chi connectivity index (χ1v) is 9.81. The van der Waals surface area contributed by atoms with Crippen molar-refractivity contribution in [1.29, 1.82) is 0 Å². The minimum atomic E-state index is -0.367. The highest BCUT2D eigenvalue weighted by Gasteiger charge is 2.30. The number of rotatable bonds is 7. The van der Waals surface area contributed by atoms with Crippen LogP contribution >= 0.6 is 0 Å². The number of nitrogens with zero attached hydrogens (tertiary/aromatic N) is 3. The number of anilines is 1. The Morgan fingerprint density at radius 1 is 1.38 bits per heavy atom. The van der Waals surface area contributed by atoms with E-state index in [0.717, 1.165) is 31.4 Å². The Labute approximate surface area is 169 Å². The Balaban J connectivity index is 1.54. The molecule has 1 aliphatic rings. The van der Waals surface area contributed by atoms with Gasteiger partial charge in [-0.25, -0.2) is 4.79 Å². The third kappa shape index (κ3) is 5.07. The third-order valence-electron chi connectivity index (χ3n) is 5.21. The fraction of sp³-hybridized carbons (Fsp3) is 0.579. The minimum absolute atomic E-state index is 0.0953. The highest BCUT2D eigenvalue weighted by atomic mass is 16.6. The van der Waals surface area contributed by atoms with Gasteiger partial charge >= 0.3 is 6.09 Å². The number of ether oxygens (including phenoxy) is 2. The molecule has 0 spiro atoms. The lowest BCUT2D eigenvalue weighted by Gasteiger charge is -2.16. The Morgan fingerprint density at radius 2 is 2.17 bits per heavy atom.